The first kappa shape index (κ1) is 31.0. The van der Waals surface area contributed by atoms with Crippen LogP contribution in [0.25, 0.3) is 0 Å². The van der Waals surface area contributed by atoms with Crippen LogP contribution >= 0.6 is 0 Å². The number of amides is 1. The molecule has 0 radical (unpaired) electrons. The Labute approximate surface area is 245 Å². The Balaban J connectivity index is 1.89. The number of fused-ring (bicyclic) bond motifs is 1. The van der Waals surface area contributed by atoms with Gasteiger partial charge >= 0.3 is 17.8 Å². The minimum Gasteiger partial charge on any atom is -0.466 e. The van der Waals surface area contributed by atoms with Crippen LogP contribution in [0.3, 0.4) is 0 Å². The second-order valence-electron chi connectivity index (χ2n) is 10.3. The lowest BCUT2D eigenvalue weighted by Crippen LogP contribution is -2.38. The number of nitrogens with one attached hydrogen (secondary N) is 1. The van der Waals surface area contributed by atoms with E-state index in [0.29, 0.717) is 29.7 Å². The Kier molecular flexibility index (Phi) is 8.77. The van der Waals surface area contributed by atoms with Gasteiger partial charge in [0.15, 0.2) is 0 Å². The second kappa shape index (κ2) is 12.1. The molecule has 1 amide bonds. The Morgan fingerprint density at radius 1 is 1.16 bits per heavy atom. The SMILES string of the molecule is COC(=O)C1=C(C)N(c2cccc(C(F)(F)F)c2)c2n[nH]c(=O)n2C1c1ccc(C#N)cc1CCN(C)CC(=O)N(C)C. The Hall–Kier alpha value is -4.90. The number of aromatic nitrogens is 3. The number of likely N-dealkylation sites (N-methyl/N-ethyl adjacent to an activating group) is 2. The molecule has 3 aromatic rings. The summed E-state index contributed by atoms with van der Waals surface area (Å²) < 4.78 is 47.1. The molecular formula is C29H30F3N7O4. The van der Waals surface area contributed by atoms with E-state index in [1.807, 2.05) is 0 Å². The molecule has 1 unspecified atom stereocenters. The fourth-order valence-electron chi connectivity index (χ4n) is 5.00. The molecule has 1 N–H and O–H groups in total. The summed E-state index contributed by atoms with van der Waals surface area (Å²) in [4.78, 5) is 43.4. The number of esters is 1. The van der Waals surface area contributed by atoms with E-state index >= 15 is 0 Å². The van der Waals surface area contributed by atoms with Gasteiger partial charge in [-0.05, 0) is 61.9 Å². The molecule has 2 aromatic carbocycles. The summed E-state index contributed by atoms with van der Waals surface area (Å²) >= 11 is 0. The molecule has 1 aliphatic heterocycles. The van der Waals surface area contributed by atoms with Gasteiger partial charge in [0.25, 0.3) is 0 Å². The Morgan fingerprint density at radius 3 is 2.51 bits per heavy atom. The summed E-state index contributed by atoms with van der Waals surface area (Å²) in [5, 5.41) is 16.1. The third-order valence-electron chi connectivity index (χ3n) is 7.21. The highest BCUT2D eigenvalue weighted by Crippen LogP contribution is 2.43. The van der Waals surface area contributed by atoms with Gasteiger partial charge in [-0.2, -0.15) is 18.4 Å². The summed E-state index contributed by atoms with van der Waals surface area (Å²) in [6.45, 7) is 2.08. The number of allylic oxidation sites excluding steroid dienone is 1. The highest BCUT2D eigenvalue weighted by Gasteiger charge is 2.41. The molecule has 43 heavy (non-hydrogen) atoms. The van der Waals surface area contributed by atoms with Crippen molar-refractivity contribution >= 4 is 23.5 Å². The van der Waals surface area contributed by atoms with E-state index in [1.165, 1.54) is 40.5 Å². The molecule has 226 valence electrons. The molecule has 1 atom stereocenters. The van der Waals surface area contributed by atoms with Crippen LogP contribution in [0.1, 0.15) is 35.2 Å². The number of aromatic amines is 1. The number of halogens is 3. The lowest BCUT2D eigenvalue weighted by atomic mass is 9.89. The Bertz CT molecular complexity index is 1680. The van der Waals surface area contributed by atoms with Gasteiger partial charge in [0.05, 0.1) is 36.4 Å². The van der Waals surface area contributed by atoms with Crippen LogP contribution in [-0.2, 0) is 26.9 Å². The number of H-pyrrole nitrogens is 1. The monoisotopic (exact) mass is 597 g/mol. The highest BCUT2D eigenvalue weighted by atomic mass is 19.4. The van der Waals surface area contributed by atoms with E-state index in [-0.39, 0.29) is 35.4 Å². The van der Waals surface area contributed by atoms with E-state index in [0.717, 1.165) is 12.1 Å². The molecule has 14 heteroatoms. The van der Waals surface area contributed by atoms with E-state index in [4.69, 9.17) is 4.74 Å². The number of alkyl halides is 3. The largest absolute Gasteiger partial charge is 0.466 e. The van der Waals surface area contributed by atoms with Gasteiger partial charge in [-0.15, -0.1) is 5.10 Å². The fourth-order valence-corrected chi connectivity index (χ4v) is 5.00. The molecule has 0 saturated heterocycles. The van der Waals surface area contributed by atoms with Crippen molar-refractivity contribution in [3.63, 3.8) is 0 Å². The summed E-state index contributed by atoms with van der Waals surface area (Å²) in [7, 11) is 6.24. The van der Waals surface area contributed by atoms with Crippen LogP contribution in [0.4, 0.5) is 24.8 Å². The average molecular weight is 598 g/mol. The number of nitriles is 1. The van der Waals surface area contributed by atoms with Crippen LogP contribution in [-0.4, -0.2) is 77.8 Å². The van der Waals surface area contributed by atoms with E-state index in [1.54, 1.807) is 44.2 Å². The molecule has 0 saturated carbocycles. The van der Waals surface area contributed by atoms with Crippen LogP contribution in [0.2, 0.25) is 0 Å². The molecular weight excluding hydrogens is 567 g/mol. The summed E-state index contributed by atoms with van der Waals surface area (Å²) in [5.41, 5.74) is 0.0372. The van der Waals surface area contributed by atoms with Crippen molar-refractivity contribution in [3.05, 3.63) is 86.5 Å². The number of rotatable bonds is 8. The lowest BCUT2D eigenvalue weighted by Gasteiger charge is -2.36. The molecule has 2 heterocycles. The maximum absolute atomic E-state index is 13.6. The fraction of sp³-hybridized carbons (Fsp3) is 0.345. The lowest BCUT2D eigenvalue weighted by molar-refractivity contribution is -0.138. The maximum atomic E-state index is 13.6. The van der Waals surface area contributed by atoms with Crippen molar-refractivity contribution in [1.29, 1.82) is 5.26 Å². The highest BCUT2D eigenvalue weighted by molar-refractivity contribution is 5.93. The average Bonchev–Trinajstić information content (AvgIpc) is 3.34. The Morgan fingerprint density at radius 2 is 1.88 bits per heavy atom. The zero-order valence-corrected chi connectivity index (χ0v) is 24.2. The number of anilines is 2. The van der Waals surface area contributed by atoms with Gasteiger partial charge in [0, 0.05) is 32.0 Å². The molecule has 0 aliphatic carbocycles. The number of carbonyl (C=O) groups is 2. The zero-order valence-electron chi connectivity index (χ0n) is 24.2. The molecule has 0 spiro atoms. The number of ether oxygens (including phenoxy) is 1. The topological polar surface area (TPSA) is 128 Å². The van der Waals surface area contributed by atoms with Crippen LogP contribution in [0, 0.1) is 11.3 Å². The zero-order chi connectivity index (χ0) is 31.6. The van der Waals surface area contributed by atoms with Gasteiger partial charge in [0.1, 0.15) is 6.04 Å². The van der Waals surface area contributed by atoms with Gasteiger partial charge in [-0.25, -0.2) is 19.3 Å². The van der Waals surface area contributed by atoms with E-state index in [2.05, 4.69) is 16.3 Å². The summed E-state index contributed by atoms with van der Waals surface area (Å²) in [6.07, 6.45) is -4.30. The van der Waals surface area contributed by atoms with Crippen LogP contribution < -0.4 is 10.6 Å². The molecule has 11 nitrogen and oxygen atoms in total. The normalized spacial score (nSPS) is 14.9. The van der Waals surface area contributed by atoms with Crippen molar-refractivity contribution in [2.45, 2.75) is 25.6 Å². The van der Waals surface area contributed by atoms with E-state index in [9.17, 15) is 32.8 Å². The third kappa shape index (κ3) is 6.17. The standard InChI is InChI=1S/C29H30F3N7O4/c1-17-24(26(41)43-5)25(22-10-9-18(15-33)13-19(22)11-12-37(4)16-23(40)36(2)3)39-27(34-35-28(39)42)38(17)21-8-6-7-20(14-21)29(30,31)32/h6-10,13-14,25H,11-12,16H2,1-5H3,(H,35,42). The maximum Gasteiger partial charge on any atom is 0.416 e. The van der Waals surface area contributed by atoms with Crippen molar-refractivity contribution in [2.24, 2.45) is 0 Å². The van der Waals surface area contributed by atoms with Gasteiger partial charge in [0.2, 0.25) is 11.9 Å². The molecule has 1 aliphatic rings. The van der Waals surface area contributed by atoms with Crippen molar-refractivity contribution in [2.75, 3.05) is 46.2 Å². The number of nitrogens with zero attached hydrogens (tertiary/aromatic N) is 6. The predicted octanol–water partition coefficient (Wildman–Crippen LogP) is 3.21. The third-order valence-corrected chi connectivity index (χ3v) is 7.21. The number of methoxy groups -OCH3 is 1. The quantitative estimate of drug-likeness (QED) is 0.393. The number of hydrogen-bond acceptors (Lipinski definition) is 8. The molecule has 0 fully saturated rings. The van der Waals surface area contributed by atoms with Gasteiger partial charge < -0.3 is 9.64 Å². The summed E-state index contributed by atoms with van der Waals surface area (Å²) in [5.74, 6) is -0.942. The molecule has 4 rings (SSSR count). The van der Waals surface area contributed by atoms with Crippen molar-refractivity contribution in [1.82, 2.24) is 24.6 Å². The number of carbonyl (C=O) groups excluding carboxylic acids is 2. The van der Waals surface area contributed by atoms with Gasteiger partial charge in [-0.1, -0.05) is 12.1 Å². The summed E-state index contributed by atoms with van der Waals surface area (Å²) in [6, 6.07) is 10.3. The van der Waals surface area contributed by atoms with Crippen molar-refractivity contribution in [3.8, 4) is 6.07 Å². The first-order chi connectivity index (χ1) is 20.3. The minimum atomic E-state index is -4.63. The van der Waals surface area contributed by atoms with Crippen LogP contribution in [0.15, 0.2) is 58.5 Å². The van der Waals surface area contributed by atoms with Crippen molar-refractivity contribution < 1.29 is 27.5 Å². The van der Waals surface area contributed by atoms with Gasteiger partial charge in [-0.3, -0.25) is 14.6 Å². The number of hydrogen-bond donors (Lipinski definition) is 1. The number of benzene rings is 2. The van der Waals surface area contributed by atoms with E-state index < -0.39 is 29.4 Å². The first-order valence-corrected chi connectivity index (χ1v) is 13.1. The second-order valence-corrected chi connectivity index (χ2v) is 10.3. The predicted molar refractivity (Wildman–Crippen MR) is 150 cm³/mol. The smallest absolute Gasteiger partial charge is 0.416 e. The molecule has 1 aromatic heterocycles. The molecule has 0 bridgehead atoms. The minimum absolute atomic E-state index is 0.00184. The van der Waals surface area contributed by atoms with Crippen LogP contribution in [0.5, 0.6) is 0 Å². The first-order valence-electron chi connectivity index (χ1n) is 13.1.